The molecule has 2 aromatic carbocycles. The number of carbonyl (C=O) groups excluding carboxylic acids is 2. The lowest BCUT2D eigenvalue weighted by atomic mass is 10.2. The van der Waals surface area contributed by atoms with Crippen LogP contribution in [-0.2, 0) is 14.6 Å². The molecule has 0 fully saturated rings. The van der Waals surface area contributed by atoms with Crippen LogP contribution in [0.25, 0.3) is 0 Å². The first-order valence-corrected chi connectivity index (χ1v) is 8.77. The Hall–Kier alpha value is -2.87. The van der Waals surface area contributed by atoms with Crippen molar-refractivity contribution in [3.05, 3.63) is 54.1 Å². The molecule has 2 rings (SSSR count). The monoisotopic (exact) mass is 348 g/mol. The van der Waals surface area contributed by atoms with Gasteiger partial charge in [-0.25, -0.2) is 8.42 Å². The summed E-state index contributed by atoms with van der Waals surface area (Å²) >= 11 is 0. The van der Waals surface area contributed by atoms with Gasteiger partial charge in [-0.2, -0.15) is 0 Å². The van der Waals surface area contributed by atoms with E-state index in [0.717, 1.165) is 6.26 Å². The number of benzene rings is 2. The Bertz CT molecular complexity index is 843. The summed E-state index contributed by atoms with van der Waals surface area (Å²) in [4.78, 5) is 22.9. The first kappa shape index (κ1) is 17.5. The number of sulfone groups is 1. The Morgan fingerprint density at radius 1 is 1.04 bits per heavy atom. The molecule has 0 aromatic heterocycles. The first-order chi connectivity index (χ1) is 11.3. The standard InChI is InChI=1S/C16H16N2O5S/c1-24(21,22)14-8-2-11(3-9-14)16(20)18-12-4-6-13(7-5-12)23-10-15(17)19/h2-9H,10H2,1H3,(H2,17,19)(H,18,20). The Morgan fingerprint density at radius 3 is 2.12 bits per heavy atom. The first-order valence-electron chi connectivity index (χ1n) is 6.88. The van der Waals surface area contributed by atoms with Gasteiger partial charge in [-0.05, 0) is 48.5 Å². The molecule has 0 aliphatic carbocycles. The average molecular weight is 348 g/mol. The third-order valence-electron chi connectivity index (χ3n) is 3.04. The van der Waals surface area contributed by atoms with Gasteiger partial charge in [-0.1, -0.05) is 0 Å². The summed E-state index contributed by atoms with van der Waals surface area (Å²) in [6.07, 6.45) is 1.10. The van der Waals surface area contributed by atoms with Crippen molar-refractivity contribution in [2.75, 3.05) is 18.2 Å². The number of primary amides is 1. The summed E-state index contributed by atoms with van der Waals surface area (Å²) in [6.45, 7) is -0.224. The van der Waals surface area contributed by atoms with Crippen LogP contribution in [0.3, 0.4) is 0 Å². The molecule has 0 unspecified atom stereocenters. The van der Waals surface area contributed by atoms with E-state index in [2.05, 4.69) is 5.32 Å². The van der Waals surface area contributed by atoms with Crippen LogP contribution in [0.1, 0.15) is 10.4 Å². The molecule has 0 spiro atoms. The van der Waals surface area contributed by atoms with Gasteiger partial charge in [0, 0.05) is 17.5 Å². The van der Waals surface area contributed by atoms with Crippen molar-refractivity contribution < 1.29 is 22.7 Å². The number of hydrogen-bond acceptors (Lipinski definition) is 5. The van der Waals surface area contributed by atoms with E-state index in [-0.39, 0.29) is 17.4 Å². The topological polar surface area (TPSA) is 116 Å². The maximum atomic E-state index is 12.1. The second kappa shape index (κ2) is 7.14. The van der Waals surface area contributed by atoms with E-state index in [1.54, 1.807) is 24.3 Å². The molecule has 2 aromatic rings. The highest BCUT2D eigenvalue weighted by atomic mass is 32.2. The van der Waals surface area contributed by atoms with E-state index in [0.29, 0.717) is 17.0 Å². The van der Waals surface area contributed by atoms with Gasteiger partial charge in [-0.15, -0.1) is 0 Å². The van der Waals surface area contributed by atoms with Crippen LogP contribution < -0.4 is 15.8 Å². The molecule has 8 heteroatoms. The minimum atomic E-state index is -3.30. The molecular formula is C16H16N2O5S. The maximum absolute atomic E-state index is 12.1. The highest BCUT2D eigenvalue weighted by molar-refractivity contribution is 7.90. The van der Waals surface area contributed by atoms with Crippen LogP contribution in [0.2, 0.25) is 0 Å². The van der Waals surface area contributed by atoms with Gasteiger partial charge in [-0.3, -0.25) is 9.59 Å². The molecule has 7 nitrogen and oxygen atoms in total. The lowest BCUT2D eigenvalue weighted by Crippen LogP contribution is -2.20. The number of nitrogens with one attached hydrogen (secondary N) is 1. The van der Waals surface area contributed by atoms with Gasteiger partial charge in [0.15, 0.2) is 16.4 Å². The minimum Gasteiger partial charge on any atom is -0.484 e. The van der Waals surface area contributed by atoms with E-state index < -0.39 is 15.7 Å². The van der Waals surface area contributed by atoms with Crippen molar-refractivity contribution in [3.63, 3.8) is 0 Å². The normalized spacial score (nSPS) is 10.9. The van der Waals surface area contributed by atoms with Crippen LogP contribution in [0.15, 0.2) is 53.4 Å². The molecule has 0 saturated heterocycles. The quantitative estimate of drug-likeness (QED) is 0.814. The van der Waals surface area contributed by atoms with Crippen molar-refractivity contribution in [2.45, 2.75) is 4.90 Å². The van der Waals surface area contributed by atoms with E-state index >= 15 is 0 Å². The van der Waals surface area contributed by atoms with Crippen molar-refractivity contribution >= 4 is 27.3 Å². The average Bonchev–Trinajstić information content (AvgIpc) is 2.53. The summed E-state index contributed by atoms with van der Waals surface area (Å²) in [6, 6.07) is 12.0. The lowest BCUT2D eigenvalue weighted by molar-refractivity contribution is -0.119. The summed E-state index contributed by atoms with van der Waals surface area (Å²) < 4.78 is 27.9. The third-order valence-corrected chi connectivity index (χ3v) is 4.17. The maximum Gasteiger partial charge on any atom is 0.255 e. The summed E-state index contributed by atoms with van der Waals surface area (Å²) in [5, 5.41) is 2.67. The summed E-state index contributed by atoms with van der Waals surface area (Å²) in [5.41, 5.74) is 5.84. The summed E-state index contributed by atoms with van der Waals surface area (Å²) in [7, 11) is -3.30. The number of nitrogens with two attached hydrogens (primary N) is 1. The zero-order valence-corrected chi connectivity index (χ0v) is 13.7. The molecule has 126 valence electrons. The van der Waals surface area contributed by atoms with Crippen LogP contribution >= 0.6 is 0 Å². The molecule has 0 aliphatic rings. The zero-order valence-electron chi connectivity index (χ0n) is 12.9. The molecule has 0 atom stereocenters. The van der Waals surface area contributed by atoms with Crippen molar-refractivity contribution in [3.8, 4) is 5.75 Å². The summed E-state index contributed by atoms with van der Waals surface area (Å²) in [5.74, 6) is -0.505. The van der Waals surface area contributed by atoms with E-state index in [4.69, 9.17) is 10.5 Å². The fourth-order valence-corrected chi connectivity index (χ4v) is 2.48. The van der Waals surface area contributed by atoms with Crippen molar-refractivity contribution in [1.29, 1.82) is 0 Å². The predicted octanol–water partition coefficient (Wildman–Crippen LogP) is 1.21. The smallest absolute Gasteiger partial charge is 0.255 e. The second-order valence-electron chi connectivity index (χ2n) is 5.03. The molecule has 0 bridgehead atoms. The lowest BCUT2D eigenvalue weighted by Gasteiger charge is -2.08. The number of amides is 2. The molecule has 0 aliphatic heterocycles. The number of ether oxygens (including phenoxy) is 1. The third kappa shape index (κ3) is 4.82. The van der Waals surface area contributed by atoms with Crippen LogP contribution in [0, 0.1) is 0 Å². The fourth-order valence-electron chi connectivity index (χ4n) is 1.85. The van der Waals surface area contributed by atoms with Crippen molar-refractivity contribution in [2.24, 2.45) is 5.73 Å². The Labute approximate surface area is 139 Å². The largest absolute Gasteiger partial charge is 0.484 e. The van der Waals surface area contributed by atoms with E-state index in [1.807, 2.05) is 0 Å². The Balaban J connectivity index is 2.02. The van der Waals surface area contributed by atoms with Gasteiger partial charge in [0.05, 0.1) is 4.90 Å². The Kier molecular flexibility index (Phi) is 5.20. The number of rotatable bonds is 6. The number of carbonyl (C=O) groups is 2. The number of hydrogen-bond donors (Lipinski definition) is 2. The molecule has 3 N–H and O–H groups in total. The zero-order chi connectivity index (χ0) is 17.7. The Morgan fingerprint density at radius 2 is 1.62 bits per heavy atom. The van der Waals surface area contributed by atoms with Crippen LogP contribution in [-0.4, -0.2) is 33.1 Å². The van der Waals surface area contributed by atoms with Gasteiger partial charge in [0.25, 0.3) is 11.8 Å². The molecule has 2 amide bonds. The SMILES string of the molecule is CS(=O)(=O)c1ccc(C(=O)Nc2ccc(OCC(N)=O)cc2)cc1. The highest BCUT2D eigenvalue weighted by Crippen LogP contribution is 2.17. The molecule has 0 radical (unpaired) electrons. The number of anilines is 1. The predicted molar refractivity (Wildman–Crippen MR) is 88.6 cm³/mol. The second-order valence-corrected chi connectivity index (χ2v) is 7.05. The van der Waals surface area contributed by atoms with Crippen molar-refractivity contribution in [1.82, 2.24) is 0 Å². The molecule has 0 saturated carbocycles. The van der Waals surface area contributed by atoms with Gasteiger partial charge in [0.2, 0.25) is 0 Å². The van der Waals surface area contributed by atoms with Crippen LogP contribution in [0.5, 0.6) is 5.75 Å². The van der Waals surface area contributed by atoms with Crippen LogP contribution in [0.4, 0.5) is 5.69 Å². The molecule has 0 heterocycles. The van der Waals surface area contributed by atoms with Gasteiger partial charge >= 0.3 is 0 Å². The highest BCUT2D eigenvalue weighted by Gasteiger charge is 2.10. The van der Waals surface area contributed by atoms with E-state index in [9.17, 15) is 18.0 Å². The fraction of sp³-hybridized carbons (Fsp3) is 0.125. The van der Waals surface area contributed by atoms with Gasteiger partial charge in [0.1, 0.15) is 5.75 Å². The minimum absolute atomic E-state index is 0.148. The molecule has 24 heavy (non-hydrogen) atoms. The van der Waals surface area contributed by atoms with Gasteiger partial charge < -0.3 is 15.8 Å². The van der Waals surface area contributed by atoms with E-state index in [1.165, 1.54) is 24.3 Å². The molecular weight excluding hydrogens is 332 g/mol.